The van der Waals surface area contributed by atoms with Crippen LogP contribution in [0.5, 0.6) is 0 Å². The molecule has 0 radical (unpaired) electrons. The molecule has 4 nitrogen and oxygen atoms in total. The molecule has 118 valence electrons. The van der Waals surface area contributed by atoms with Gasteiger partial charge in [-0.3, -0.25) is 0 Å². The molecule has 1 aromatic heterocycles. The van der Waals surface area contributed by atoms with Crippen LogP contribution in [0.25, 0.3) is 0 Å². The van der Waals surface area contributed by atoms with Crippen LogP contribution in [0, 0.1) is 0 Å². The zero-order valence-electron chi connectivity index (χ0n) is 13.6. The Hall–Kier alpha value is -2.23. The molecular weight excluding hydrogens is 274 g/mol. The molecule has 0 bridgehead atoms. The third-order valence-electron chi connectivity index (χ3n) is 3.57. The van der Waals surface area contributed by atoms with Gasteiger partial charge in [0, 0.05) is 18.5 Å². The van der Waals surface area contributed by atoms with Crippen LogP contribution in [-0.4, -0.2) is 19.0 Å². The van der Waals surface area contributed by atoms with Gasteiger partial charge in [-0.05, 0) is 24.6 Å². The maximum Gasteiger partial charge on any atom is 0.191 e. The Balaban J connectivity index is 1.97. The molecule has 0 unspecified atom stereocenters. The van der Waals surface area contributed by atoms with Gasteiger partial charge in [0.05, 0.1) is 6.26 Å². The normalized spacial score (nSPS) is 12.2. The van der Waals surface area contributed by atoms with Crippen molar-refractivity contribution in [1.29, 1.82) is 0 Å². The maximum absolute atomic E-state index is 5.31. The summed E-state index contributed by atoms with van der Waals surface area (Å²) in [6.07, 6.45) is 1.67. The molecule has 2 rings (SSSR count). The Morgan fingerprint density at radius 1 is 1.09 bits per heavy atom. The lowest BCUT2D eigenvalue weighted by Gasteiger charge is -2.26. The van der Waals surface area contributed by atoms with Gasteiger partial charge in [0.1, 0.15) is 12.3 Å². The van der Waals surface area contributed by atoms with Gasteiger partial charge in [-0.1, -0.05) is 44.2 Å². The number of nitrogens with zero attached hydrogens (tertiary/aromatic N) is 1. The van der Waals surface area contributed by atoms with Crippen molar-refractivity contribution in [2.24, 2.45) is 4.99 Å². The van der Waals surface area contributed by atoms with E-state index in [-0.39, 0.29) is 5.41 Å². The van der Waals surface area contributed by atoms with Crippen LogP contribution in [0.2, 0.25) is 0 Å². The molecule has 1 aromatic carbocycles. The second-order valence-corrected chi connectivity index (χ2v) is 5.88. The quantitative estimate of drug-likeness (QED) is 0.635. The highest BCUT2D eigenvalue weighted by Gasteiger charge is 2.20. The highest BCUT2D eigenvalue weighted by molar-refractivity contribution is 5.79. The third kappa shape index (κ3) is 4.65. The van der Waals surface area contributed by atoms with Crippen molar-refractivity contribution in [3.8, 4) is 0 Å². The number of furan rings is 1. The van der Waals surface area contributed by atoms with Gasteiger partial charge in [-0.25, -0.2) is 4.99 Å². The van der Waals surface area contributed by atoms with Crippen LogP contribution in [0.4, 0.5) is 0 Å². The van der Waals surface area contributed by atoms with E-state index in [2.05, 4.69) is 60.7 Å². The van der Waals surface area contributed by atoms with E-state index in [9.17, 15) is 0 Å². The Morgan fingerprint density at radius 3 is 2.50 bits per heavy atom. The first-order valence-corrected chi connectivity index (χ1v) is 7.72. The molecule has 4 heteroatoms. The van der Waals surface area contributed by atoms with Crippen LogP contribution in [0.15, 0.2) is 58.1 Å². The first-order chi connectivity index (χ1) is 10.6. The van der Waals surface area contributed by atoms with E-state index in [0.29, 0.717) is 6.54 Å². The largest absolute Gasteiger partial charge is 0.467 e. The SMILES string of the molecule is CCNC(=NCc1ccco1)NCC(C)(C)c1ccccc1. The molecule has 0 aliphatic heterocycles. The van der Waals surface area contributed by atoms with E-state index < -0.39 is 0 Å². The summed E-state index contributed by atoms with van der Waals surface area (Å²) in [5.74, 6) is 1.67. The molecule has 0 amide bonds. The van der Waals surface area contributed by atoms with Crippen molar-refractivity contribution in [3.63, 3.8) is 0 Å². The lowest BCUT2D eigenvalue weighted by molar-refractivity contribution is 0.502. The van der Waals surface area contributed by atoms with E-state index in [0.717, 1.165) is 24.8 Å². The lowest BCUT2D eigenvalue weighted by Crippen LogP contribution is -2.43. The van der Waals surface area contributed by atoms with Crippen molar-refractivity contribution in [1.82, 2.24) is 10.6 Å². The van der Waals surface area contributed by atoms with Crippen molar-refractivity contribution >= 4 is 5.96 Å². The van der Waals surface area contributed by atoms with Crippen molar-refractivity contribution < 1.29 is 4.42 Å². The standard InChI is InChI=1S/C18H25N3O/c1-4-19-17(20-13-16-11-8-12-22-16)21-14-18(2,3)15-9-6-5-7-10-15/h5-12H,4,13-14H2,1-3H3,(H2,19,20,21). The molecule has 0 fully saturated rings. The van der Waals surface area contributed by atoms with Crippen LogP contribution < -0.4 is 10.6 Å². The van der Waals surface area contributed by atoms with Gasteiger partial charge in [-0.2, -0.15) is 0 Å². The summed E-state index contributed by atoms with van der Waals surface area (Å²) in [6, 6.07) is 14.3. The predicted molar refractivity (Wildman–Crippen MR) is 91.0 cm³/mol. The molecule has 0 aliphatic carbocycles. The average Bonchev–Trinajstić information content (AvgIpc) is 3.04. The predicted octanol–water partition coefficient (Wildman–Crippen LogP) is 3.31. The van der Waals surface area contributed by atoms with Crippen LogP contribution in [0.1, 0.15) is 32.1 Å². The molecule has 0 atom stereocenters. The Morgan fingerprint density at radius 2 is 1.86 bits per heavy atom. The van der Waals surface area contributed by atoms with Crippen LogP contribution in [-0.2, 0) is 12.0 Å². The number of guanidine groups is 1. The fourth-order valence-electron chi connectivity index (χ4n) is 2.20. The second kappa shape index (κ2) is 7.69. The molecule has 0 saturated heterocycles. The fraction of sp³-hybridized carbons (Fsp3) is 0.389. The third-order valence-corrected chi connectivity index (χ3v) is 3.57. The summed E-state index contributed by atoms with van der Waals surface area (Å²) in [5, 5.41) is 6.69. The van der Waals surface area contributed by atoms with Crippen molar-refractivity contribution in [2.45, 2.75) is 32.7 Å². The van der Waals surface area contributed by atoms with E-state index in [1.807, 2.05) is 18.2 Å². The number of hydrogen-bond donors (Lipinski definition) is 2. The number of nitrogens with one attached hydrogen (secondary N) is 2. The Bertz CT molecular complexity index is 574. The summed E-state index contributed by atoms with van der Waals surface area (Å²) in [5.41, 5.74) is 1.34. The molecule has 1 heterocycles. The van der Waals surface area contributed by atoms with Crippen molar-refractivity contribution in [2.75, 3.05) is 13.1 Å². The van der Waals surface area contributed by atoms with Gasteiger partial charge in [0.2, 0.25) is 0 Å². The summed E-state index contributed by atoms with van der Waals surface area (Å²) < 4.78 is 5.31. The number of hydrogen-bond acceptors (Lipinski definition) is 2. The highest BCUT2D eigenvalue weighted by atomic mass is 16.3. The van der Waals surface area contributed by atoms with Gasteiger partial charge >= 0.3 is 0 Å². The Kier molecular flexibility index (Phi) is 5.64. The second-order valence-electron chi connectivity index (χ2n) is 5.88. The summed E-state index contributed by atoms with van der Waals surface area (Å²) in [7, 11) is 0. The minimum atomic E-state index is 0.0299. The summed E-state index contributed by atoms with van der Waals surface area (Å²) in [6.45, 7) is 8.69. The highest BCUT2D eigenvalue weighted by Crippen LogP contribution is 2.21. The number of benzene rings is 1. The monoisotopic (exact) mass is 299 g/mol. The molecular formula is C18H25N3O. The average molecular weight is 299 g/mol. The summed E-state index contributed by atoms with van der Waals surface area (Å²) >= 11 is 0. The zero-order valence-corrected chi connectivity index (χ0v) is 13.6. The van der Waals surface area contributed by atoms with E-state index in [4.69, 9.17) is 4.42 Å². The Labute approximate surface area is 132 Å². The number of aliphatic imine (C=N–C) groups is 1. The smallest absolute Gasteiger partial charge is 0.191 e. The zero-order chi connectivity index (χ0) is 15.8. The number of rotatable bonds is 6. The van der Waals surface area contributed by atoms with Gasteiger partial charge in [-0.15, -0.1) is 0 Å². The van der Waals surface area contributed by atoms with Crippen LogP contribution >= 0.6 is 0 Å². The molecule has 2 aromatic rings. The molecule has 2 N–H and O–H groups in total. The van der Waals surface area contributed by atoms with E-state index in [1.54, 1.807) is 6.26 Å². The minimum Gasteiger partial charge on any atom is -0.467 e. The van der Waals surface area contributed by atoms with Gasteiger partial charge in [0.15, 0.2) is 5.96 Å². The maximum atomic E-state index is 5.31. The lowest BCUT2D eigenvalue weighted by atomic mass is 9.85. The first-order valence-electron chi connectivity index (χ1n) is 7.72. The first kappa shape index (κ1) is 16.1. The summed E-state index contributed by atoms with van der Waals surface area (Å²) in [4.78, 5) is 4.55. The molecule has 0 saturated carbocycles. The molecule has 0 spiro atoms. The van der Waals surface area contributed by atoms with E-state index in [1.165, 1.54) is 5.56 Å². The van der Waals surface area contributed by atoms with Gasteiger partial charge < -0.3 is 15.1 Å². The van der Waals surface area contributed by atoms with Crippen LogP contribution in [0.3, 0.4) is 0 Å². The van der Waals surface area contributed by atoms with Crippen molar-refractivity contribution in [3.05, 3.63) is 60.1 Å². The topological polar surface area (TPSA) is 49.6 Å². The fourth-order valence-corrected chi connectivity index (χ4v) is 2.20. The molecule has 22 heavy (non-hydrogen) atoms. The van der Waals surface area contributed by atoms with E-state index >= 15 is 0 Å². The molecule has 0 aliphatic rings. The minimum absolute atomic E-state index is 0.0299. The van der Waals surface area contributed by atoms with Gasteiger partial charge in [0.25, 0.3) is 0 Å².